The third-order valence-electron chi connectivity index (χ3n) is 0.469. The molecule has 0 radical (unpaired) electrons. The van der Waals surface area contributed by atoms with Gasteiger partial charge in [0, 0.05) is 0 Å². The summed E-state index contributed by atoms with van der Waals surface area (Å²) in [6.07, 6.45) is 0. The molecule has 0 rings (SSSR count). The van der Waals surface area contributed by atoms with E-state index < -0.39 is 0 Å². The summed E-state index contributed by atoms with van der Waals surface area (Å²) in [6.45, 7) is 4.10. The fraction of sp³-hybridized carbons (Fsp3) is 1.00. The van der Waals surface area contributed by atoms with E-state index in [0.717, 1.165) is 0 Å². The topological polar surface area (TPSA) is 38.5 Å². The van der Waals surface area contributed by atoms with Crippen LogP contribution < -0.4 is 0 Å². The van der Waals surface area contributed by atoms with E-state index in [9.17, 15) is 4.91 Å². The van der Waals surface area contributed by atoms with Gasteiger partial charge in [0.15, 0.2) is 13.2 Å². The average molecular weight is 146 g/mol. The first kappa shape index (κ1) is 11.7. The molecule has 0 spiro atoms. The molecule has 0 atom stereocenters. The Kier molecular flexibility index (Phi) is 10.4. The number of hydrogen-bond donors (Lipinski definition) is 0. The Labute approximate surface area is 73.1 Å². The predicted molar refractivity (Wildman–Crippen MR) is 34.9 cm³/mol. The molecule has 0 N–H and O–H groups in total. The van der Waals surface area contributed by atoms with Crippen LogP contribution in [0.15, 0.2) is 0 Å². The minimum Gasteiger partial charge on any atom is -1.00 e. The Hall–Kier alpha value is -0.0338. The van der Waals surface area contributed by atoms with Gasteiger partial charge in [-0.25, -0.2) is 0 Å². The van der Waals surface area contributed by atoms with Gasteiger partial charge in [-0.05, 0) is 13.8 Å². The van der Waals surface area contributed by atoms with Gasteiger partial charge in [0.25, 0.3) is 0 Å². The van der Waals surface area contributed by atoms with Crippen molar-refractivity contribution in [3.8, 4) is 0 Å². The molecule has 0 saturated heterocycles. The van der Waals surface area contributed by atoms with Crippen LogP contribution in [0.25, 0.3) is 0 Å². The second-order valence-corrected chi connectivity index (χ2v) is 1.06. The zero-order chi connectivity index (χ0) is 6.41. The molecule has 0 fully saturated rings. The molecular weight excluding hydrogens is 134 g/mol. The van der Waals surface area contributed by atoms with E-state index in [1.807, 2.05) is 0 Å². The Morgan fingerprint density at radius 1 is 1.33 bits per heavy atom. The molecule has 0 heterocycles. The van der Waals surface area contributed by atoms with Crippen LogP contribution in [0.3, 0.4) is 0 Å². The molecule has 0 bridgehead atoms. The van der Waals surface area contributed by atoms with Gasteiger partial charge in [-0.2, -0.15) is 9.68 Å². The summed E-state index contributed by atoms with van der Waals surface area (Å²) in [5.41, 5.74) is 0. The Bertz CT molecular complexity index is 77.7. The van der Waals surface area contributed by atoms with Crippen molar-refractivity contribution >= 4 is 23.1 Å². The van der Waals surface area contributed by atoms with Gasteiger partial charge >= 0.3 is 28.1 Å². The molecule has 52 valence electrons. The summed E-state index contributed by atoms with van der Waals surface area (Å²) >= 11 is 0. The van der Waals surface area contributed by atoms with E-state index in [-0.39, 0.29) is 31.0 Å². The van der Waals surface area contributed by atoms with Gasteiger partial charge in [-0.15, -0.1) is 0 Å². The molecule has 4 nitrogen and oxygen atoms in total. The Balaban J connectivity index is -0.0000000817. The van der Waals surface area contributed by atoms with Crippen LogP contribution in [0, 0.1) is 4.91 Å². The second kappa shape index (κ2) is 7.97. The fourth-order valence-corrected chi connectivity index (χ4v) is 0.248. The summed E-state index contributed by atoms with van der Waals surface area (Å²) in [5.74, 6) is 0. The number of rotatable bonds is 4. The van der Waals surface area contributed by atoms with Crippen molar-refractivity contribution in [2.24, 2.45) is 0 Å². The molecule has 0 aromatic rings. The predicted octanol–water partition coefficient (Wildman–Crippen LogP) is 0.512. The molecular formula is C4H12MgNO3+. The van der Waals surface area contributed by atoms with E-state index >= 15 is 0 Å². The minimum absolute atomic E-state index is 0. The van der Waals surface area contributed by atoms with E-state index in [1.165, 1.54) is 0 Å². The van der Waals surface area contributed by atoms with Gasteiger partial charge in [0.2, 0.25) is 0 Å². The van der Waals surface area contributed by atoms with E-state index in [1.54, 1.807) is 13.8 Å². The SMILES string of the molecule is CCO[N+](=O)OCC.[H-].[H-].[Mg+2]. The van der Waals surface area contributed by atoms with Gasteiger partial charge < -0.3 is 2.85 Å². The first-order valence-electron chi connectivity index (χ1n) is 2.54. The van der Waals surface area contributed by atoms with Gasteiger partial charge in [0.1, 0.15) is 4.91 Å². The molecule has 0 saturated carbocycles. The summed E-state index contributed by atoms with van der Waals surface area (Å²) in [6, 6.07) is 0. The zero-order valence-electron chi connectivity index (χ0n) is 7.79. The van der Waals surface area contributed by atoms with E-state index in [0.29, 0.717) is 13.2 Å². The Morgan fingerprint density at radius 2 is 1.67 bits per heavy atom. The molecule has 0 aromatic heterocycles. The monoisotopic (exact) mass is 146 g/mol. The maximum atomic E-state index is 10.1. The fourth-order valence-electron chi connectivity index (χ4n) is 0.248. The van der Waals surface area contributed by atoms with Gasteiger partial charge in [0.05, 0.1) is 0 Å². The van der Waals surface area contributed by atoms with Crippen molar-refractivity contribution in [3.63, 3.8) is 0 Å². The van der Waals surface area contributed by atoms with Crippen LogP contribution in [0.4, 0.5) is 0 Å². The Morgan fingerprint density at radius 3 is 1.89 bits per heavy atom. The standard InChI is InChI=1S/C4H10NO3.Mg.2H/c1-3-7-5(6)8-4-2;;;/h3-4H2,1-2H3;;;/q+1;+2;2*-1. The molecule has 5 heteroatoms. The molecule has 0 unspecified atom stereocenters. The van der Waals surface area contributed by atoms with Crippen molar-refractivity contribution < 1.29 is 17.6 Å². The van der Waals surface area contributed by atoms with Crippen LogP contribution in [-0.4, -0.2) is 41.4 Å². The van der Waals surface area contributed by atoms with Gasteiger partial charge in [-0.3, -0.25) is 0 Å². The first-order valence-corrected chi connectivity index (χ1v) is 2.54. The summed E-state index contributed by atoms with van der Waals surface area (Å²) < 4.78 is 0. The quantitative estimate of drug-likeness (QED) is 0.429. The normalized spacial score (nSPS) is 7.33. The number of nitrogens with zero attached hydrogens (tertiary/aromatic N) is 1. The second-order valence-electron chi connectivity index (χ2n) is 1.06. The van der Waals surface area contributed by atoms with Crippen molar-refractivity contribution in [2.45, 2.75) is 13.8 Å². The molecule has 0 aliphatic carbocycles. The van der Waals surface area contributed by atoms with Crippen molar-refractivity contribution in [2.75, 3.05) is 13.2 Å². The third-order valence-corrected chi connectivity index (χ3v) is 0.469. The van der Waals surface area contributed by atoms with Crippen LogP contribution in [-0.2, 0) is 9.68 Å². The van der Waals surface area contributed by atoms with Crippen molar-refractivity contribution in [3.05, 3.63) is 4.91 Å². The average Bonchev–Trinajstić information content (AvgIpc) is 1.68. The number of hydrogen-bond acceptors (Lipinski definition) is 3. The van der Waals surface area contributed by atoms with Crippen molar-refractivity contribution in [1.82, 2.24) is 0 Å². The van der Waals surface area contributed by atoms with E-state index in [4.69, 9.17) is 0 Å². The maximum Gasteiger partial charge on any atom is 2.00 e. The van der Waals surface area contributed by atoms with Crippen LogP contribution >= 0.6 is 0 Å². The molecule has 0 aromatic carbocycles. The van der Waals surface area contributed by atoms with Crippen LogP contribution in [0.5, 0.6) is 0 Å². The smallest absolute Gasteiger partial charge is 1.00 e. The molecule has 0 amide bonds. The summed E-state index contributed by atoms with van der Waals surface area (Å²) in [7, 11) is 0. The third kappa shape index (κ3) is 7.97. The summed E-state index contributed by atoms with van der Waals surface area (Å²) in [5, 5.41) is 0.111. The molecule has 9 heavy (non-hydrogen) atoms. The van der Waals surface area contributed by atoms with Crippen LogP contribution in [0.2, 0.25) is 0 Å². The maximum absolute atomic E-state index is 10.1. The van der Waals surface area contributed by atoms with E-state index in [2.05, 4.69) is 9.68 Å². The largest absolute Gasteiger partial charge is 2.00 e. The molecule has 0 aliphatic heterocycles. The van der Waals surface area contributed by atoms with Crippen molar-refractivity contribution in [1.29, 1.82) is 0 Å². The zero-order valence-corrected chi connectivity index (χ0v) is 7.21. The summed E-state index contributed by atoms with van der Waals surface area (Å²) in [4.78, 5) is 18.8. The first-order chi connectivity index (χ1) is 3.81. The minimum atomic E-state index is 0. The van der Waals surface area contributed by atoms with Gasteiger partial charge in [-0.1, -0.05) is 0 Å². The van der Waals surface area contributed by atoms with Crippen LogP contribution in [0.1, 0.15) is 16.7 Å². The molecule has 0 aliphatic rings.